The first kappa shape index (κ1) is 14.8. The second-order valence-corrected chi connectivity index (χ2v) is 4.31. The molecule has 0 fully saturated rings. The van der Waals surface area contributed by atoms with Gasteiger partial charge in [0.2, 0.25) is 0 Å². The third kappa shape index (κ3) is 4.95. The molecule has 0 aliphatic rings. The summed E-state index contributed by atoms with van der Waals surface area (Å²) >= 11 is 11.6. The maximum atomic E-state index is 5.81. The van der Waals surface area contributed by atoms with Crippen molar-refractivity contribution in [2.45, 2.75) is 13.8 Å². The Morgan fingerprint density at radius 2 is 0.889 bits per heavy atom. The van der Waals surface area contributed by atoms with Crippen LogP contribution in [0.3, 0.4) is 0 Å². The standard InChI is InChI=1S/C14H10Cl2.C2H6/c15-13-7-3-11(4-8-13)1-2-12-5-9-14(16)10-6-12;1-2/h1-10H;1-2H3/b2-1+;. The molecule has 0 heterocycles. The lowest BCUT2D eigenvalue weighted by Gasteiger charge is -1.95. The van der Waals surface area contributed by atoms with Crippen molar-refractivity contribution in [3.63, 3.8) is 0 Å². The van der Waals surface area contributed by atoms with Crippen molar-refractivity contribution in [3.05, 3.63) is 69.7 Å². The Balaban J connectivity index is 0.000000771. The van der Waals surface area contributed by atoms with Crippen LogP contribution in [-0.4, -0.2) is 0 Å². The highest BCUT2D eigenvalue weighted by atomic mass is 35.5. The molecular formula is C16H16Cl2. The molecule has 0 saturated carbocycles. The van der Waals surface area contributed by atoms with Gasteiger partial charge in [-0.2, -0.15) is 0 Å². The summed E-state index contributed by atoms with van der Waals surface area (Å²) in [5, 5.41) is 1.51. The Morgan fingerprint density at radius 3 is 1.17 bits per heavy atom. The van der Waals surface area contributed by atoms with Crippen LogP contribution in [0.15, 0.2) is 48.5 Å². The quantitative estimate of drug-likeness (QED) is 0.575. The van der Waals surface area contributed by atoms with E-state index < -0.39 is 0 Å². The molecule has 0 nitrogen and oxygen atoms in total. The minimum absolute atomic E-state index is 0.753. The Hall–Kier alpha value is -1.24. The minimum Gasteiger partial charge on any atom is -0.0843 e. The highest BCUT2D eigenvalue weighted by molar-refractivity contribution is 6.30. The molecule has 0 saturated heterocycles. The normalized spacial score (nSPS) is 10.0. The molecule has 0 radical (unpaired) electrons. The van der Waals surface area contributed by atoms with Crippen molar-refractivity contribution in [1.29, 1.82) is 0 Å². The fraction of sp³-hybridized carbons (Fsp3) is 0.125. The summed E-state index contributed by atoms with van der Waals surface area (Å²) in [6, 6.07) is 15.4. The van der Waals surface area contributed by atoms with E-state index in [9.17, 15) is 0 Å². The average Bonchev–Trinajstić information content (AvgIpc) is 2.42. The van der Waals surface area contributed by atoms with Crippen LogP contribution in [-0.2, 0) is 0 Å². The van der Waals surface area contributed by atoms with E-state index in [1.165, 1.54) is 0 Å². The van der Waals surface area contributed by atoms with Crippen LogP contribution in [0.5, 0.6) is 0 Å². The van der Waals surface area contributed by atoms with Gasteiger partial charge in [0.05, 0.1) is 0 Å². The van der Waals surface area contributed by atoms with Crippen LogP contribution >= 0.6 is 23.2 Å². The molecule has 0 aliphatic carbocycles. The predicted molar refractivity (Wildman–Crippen MR) is 83.2 cm³/mol. The molecule has 0 spiro atoms. The largest absolute Gasteiger partial charge is 0.0843 e. The molecule has 94 valence electrons. The van der Waals surface area contributed by atoms with Gasteiger partial charge in [-0.05, 0) is 35.4 Å². The van der Waals surface area contributed by atoms with Crippen LogP contribution in [0.4, 0.5) is 0 Å². The number of benzene rings is 2. The van der Waals surface area contributed by atoms with Crippen LogP contribution in [0.25, 0.3) is 12.2 Å². The van der Waals surface area contributed by atoms with Gasteiger partial charge in [0, 0.05) is 10.0 Å². The Kier molecular flexibility index (Phi) is 6.56. The summed E-state index contributed by atoms with van der Waals surface area (Å²) in [6.07, 6.45) is 4.08. The van der Waals surface area contributed by atoms with E-state index in [0.717, 1.165) is 21.2 Å². The van der Waals surface area contributed by atoms with Crippen molar-refractivity contribution in [1.82, 2.24) is 0 Å². The molecule has 0 amide bonds. The molecule has 0 aliphatic heterocycles. The first-order chi connectivity index (χ1) is 8.74. The molecule has 0 bridgehead atoms. The van der Waals surface area contributed by atoms with E-state index in [1.807, 2.05) is 74.5 Å². The summed E-state index contributed by atoms with van der Waals surface area (Å²) in [6.45, 7) is 4.00. The minimum atomic E-state index is 0.753. The SMILES string of the molecule is CC.Clc1ccc(/C=C/c2ccc(Cl)cc2)cc1. The lowest BCUT2D eigenvalue weighted by atomic mass is 10.1. The van der Waals surface area contributed by atoms with E-state index in [-0.39, 0.29) is 0 Å². The maximum Gasteiger partial charge on any atom is 0.0406 e. The Labute approximate surface area is 119 Å². The Bertz CT molecular complexity index is 434. The predicted octanol–water partition coefficient (Wildman–Crippen LogP) is 6.19. The Morgan fingerprint density at radius 1 is 0.611 bits per heavy atom. The zero-order valence-electron chi connectivity index (χ0n) is 10.5. The number of halogens is 2. The molecule has 2 aromatic rings. The van der Waals surface area contributed by atoms with Crippen LogP contribution in [0.1, 0.15) is 25.0 Å². The zero-order chi connectivity index (χ0) is 13.4. The van der Waals surface area contributed by atoms with E-state index >= 15 is 0 Å². The second kappa shape index (κ2) is 7.97. The van der Waals surface area contributed by atoms with Gasteiger partial charge in [-0.15, -0.1) is 0 Å². The van der Waals surface area contributed by atoms with Gasteiger partial charge >= 0.3 is 0 Å². The fourth-order valence-electron chi connectivity index (χ4n) is 1.34. The summed E-state index contributed by atoms with van der Waals surface area (Å²) in [5.41, 5.74) is 2.25. The monoisotopic (exact) mass is 278 g/mol. The van der Waals surface area contributed by atoms with E-state index in [4.69, 9.17) is 23.2 Å². The van der Waals surface area contributed by atoms with Gasteiger partial charge in [0.15, 0.2) is 0 Å². The smallest absolute Gasteiger partial charge is 0.0406 e. The van der Waals surface area contributed by atoms with Crippen molar-refractivity contribution in [2.24, 2.45) is 0 Å². The van der Waals surface area contributed by atoms with Crippen molar-refractivity contribution in [3.8, 4) is 0 Å². The molecule has 0 unspecified atom stereocenters. The number of hydrogen-bond donors (Lipinski definition) is 0. The molecular weight excluding hydrogens is 263 g/mol. The van der Waals surface area contributed by atoms with Crippen LogP contribution in [0.2, 0.25) is 10.0 Å². The van der Waals surface area contributed by atoms with Gasteiger partial charge < -0.3 is 0 Å². The van der Waals surface area contributed by atoms with E-state index in [0.29, 0.717) is 0 Å². The lowest BCUT2D eigenvalue weighted by Crippen LogP contribution is -1.72. The summed E-state index contributed by atoms with van der Waals surface area (Å²) < 4.78 is 0. The van der Waals surface area contributed by atoms with Crippen molar-refractivity contribution < 1.29 is 0 Å². The van der Waals surface area contributed by atoms with Crippen LogP contribution in [0, 0.1) is 0 Å². The fourth-order valence-corrected chi connectivity index (χ4v) is 1.59. The lowest BCUT2D eigenvalue weighted by molar-refractivity contribution is 1.50. The van der Waals surface area contributed by atoms with Gasteiger partial charge in [-0.1, -0.05) is 73.5 Å². The third-order valence-electron chi connectivity index (χ3n) is 2.21. The molecule has 0 aromatic heterocycles. The van der Waals surface area contributed by atoms with Gasteiger partial charge in [-0.25, -0.2) is 0 Å². The van der Waals surface area contributed by atoms with Gasteiger partial charge in [-0.3, -0.25) is 0 Å². The highest BCUT2D eigenvalue weighted by Crippen LogP contribution is 2.14. The van der Waals surface area contributed by atoms with Gasteiger partial charge in [0.1, 0.15) is 0 Å². The number of rotatable bonds is 2. The third-order valence-corrected chi connectivity index (χ3v) is 2.71. The molecule has 18 heavy (non-hydrogen) atoms. The molecule has 0 atom stereocenters. The van der Waals surface area contributed by atoms with E-state index in [2.05, 4.69) is 0 Å². The first-order valence-corrected chi connectivity index (χ1v) is 6.69. The summed E-state index contributed by atoms with van der Waals surface area (Å²) in [4.78, 5) is 0. The topological polar surface area (TPSA) is 0 Å². The molecule has 2 aromatic carbocycles. The van der Waals surface area contributed by atoms with Crippen molar-refractivity contribution in [2.75, 3.05) is 0 Å². The molecule has 2 rings (SSSR count). The maximum absolute atomic E-state index is 5.81. The van der Waals surface area contributed by atoms with E-state index in [1.54, 1.807) is 0 Å². The average molecular weight is 279 g/mol. The first-order valence-electron chi connectivity index (χ1n) is 5.93. The summed E-state index contributed by atoms with van der Waals surface area (Å²) in [5.74, 6) is 0. The summed E-state index contributed by atoms with van der Waals surface area (Å²) in [7, 11) is 0. The van der Waals surface area contributed by atoms with Gasteiger partial charge in [0.25, 0.3) is 0 Å². The molecule has 2 heteroatoms. The molecule has 0 N–H and O–H groups in total. The zero-order valence-corrected chi connectivity index (χ0v) is 12.0. The second-order valence-electron chi connectivity index (χ2n) is 3.44. The highest BCUT2D eigenvalue weighted by Gasteiger charge is 1.89. The van der Waals surface area contributed by atoms with Crippen molar-refractivity contribution >= 4 is 35.4 Å². The number of hydrogen-bond acceptors (Lipinski definition) is 0. The van der Waals surface area contributed by atoms with Crippen LogP contribution < -0.4 is 0 Å².